The van der Waals surface area contributed by atoms with Crippen LogP contribution in [-0.4, -0.2) is 42.5 Å². The Morgan fingerprint density at radius 3 is 2.25 bits per heavy atom. The summed E-state index contributed by atoms with van der Waals surface area (Å²) in [6.07, 6.45) is 0. The predicted octanol–water partition coefficient (Wildman–Crippen LogP) is 3.48. The normalized spacial score (nSPS) is 19.6. The maximum Gasteiger partial charge on any atom is 0.332 e. The maximum atomic E-state index is 13.4. The SMILES string of the molecule is COC(=O)[C@H]1[C@H](c2ccccc2)N=C(C(Cl)Cl)N1S(=O)(=O)c1ccc(C)cc1. The van der Waals surface area contributed by atoms with Gasteiger partial charge in [-0.3, -0.25) is 4.99 Å². The van der Waals surface area contributed by atoms with E-state index in [0.29, 0.717) is 5.56 Å². The van der Waals surface area contributed by atoms with Crippen molar-refractivity contribution in [1.82, 2.24) is 4.31 Å². The van der Waals surface area contributed by atoms with E-state index in [1.807, 2.05) is 13.0 Å². The molecule has 0 saturated heterocycles. The van der Waals surface area contributed by atoms with Crippen LogP contribution in [0.2, 0.25) is 0 Å². The Morgan fingerprint density at radius 1 is 1.11 bits per heavy atom. The van der Waals surface area contributed by atoms with Crippen LogP contribution in [0.25, 0.3) is 0 Å². The van der Waals surface area contributed by atoms with Crippen molar-refractivity contribution in [3.8, 4) is 0 Å². The zero-order valence-electron chi connectivity index (χ0n) is 15.1. The van der Waals surface area contributed by atoms with Gasteiger partial charge in [-0.15, -0.1) is 0 Å². The zero-order valence-corrected chi connectivity index (χ0v) is 17.4. The van der Waals surface area contributed by atoms with E-state index in [2.05, 4.69) is 4.99 Å². The van der Waals surface area contributed by atoms with Crippen molar-refractivity contribution in [2.24, 2.45) is 4.99 Å². The average molecular weight is 441 g/mol. The zero-order chi connectivity index (χ0) is 20.5. The van der Waals surface area contributed by atoms with Crippen molar-refractivity contribution in [2.45, 2.75) is 28.7 Å². The topological polar surface area (TPSA) is 76.0 Å². The van der Waals surface area contributed by atoms with Gasteiger partial charge in [-0.2, -0.15) is 0 Å². The highest BCUT2D eigenvalue weighted by molar-refractivity contribution is 7.89. The molecule has 0 N–H and O–H groups in total. The van der Waals surface area contributed by atoms with Crippen molar-refractivity contribution in [3.63, 3.8) is 0 Å². The number of aliphatic imine (C=N–C) groups is 1. The molecule has 1 aliphatic heterocycles. The Balaban J connectivity index is 2.17. The molecule has 148 valence electrons. The second kappa shape index (κ2) is 8.11. The minimum atomic E-state index is -4.16. The third-order valence-corrected chi connectivity index (χ3v) is 6.60. The lowest BCUT2D eigenvalue weighted by atomic mass is 10.0. The first-order valence-electron chi connectivity index (χ1n) is 8.37. The van der Waals surface area contributed by atoms with E-state index in [0.717, 1.165) is 9.87 Å². The van der Waals surface area contributed by atoms with Crippen LogP contribution in [0.15, 0.2) is 64.5 Å². The van der Waals surface area contributed by atoms with E-state index in [9.17, 15) is 13.2 Å². The fourth-order valence-electron chi connectivity index (χ4n) is 3.04. The molecule has 1 aliphatic rings. The van der Waals surface area contributed by atoms with Crippen molar-refractivity contribution < 1.29 is 17.9 Å². The number of esters is 1. The van der Waals surface area contributed by atoms with E-state index < -0.39 is 32.9 Å². The van der Waals surface area contributed by atoms with Crippen LogP contribution in [0.4, 0.5) is 0 Å². The smallest absolute Gasteiger partial charge is 0.332 e. The minimum Gasteiger partial charge on any atom is -0.467 e. The van der Waals surface area contributed by atoms with Gasteiger partial charge in [0.05, 0.1) is 12.0 Å². The third kappa shape index (κ3) is 3.74. The van der Waals surface area contributed by atoms with Crippen molar-refractivity contribution in [1.29, 1.82) is 0 Å². The van der Waals surface area contributed by atoms with Gasteiger partial charge >= 0.3 is 5.97 Å². The van der Waals surface area contributed by atoms with Crippen LogP contribution in [0, 0.1) is 6.92 Å². The number of ether oxygens (including phenoxy) is 1. The minimum absolute atomic E-state index is 0.00222. The van der Waals surface area contributed by atoms with Crippen molar-refractivity contribution in [2.75, 3.05) is 7.11 Å². The van der Waals surface area contributed by atoms with E-state index >= 15 is 0 Å². The molecular weight excluding hydrogens is 423 g/mol. The summed E-state index contributed by atoms with van der Waals surface area (Å²) >= 11 is 12.1. The standard InChI is InChI=1S/C19H18Cl2N2O4S/c1-12-8-10-14(11-9-12)28(25,26)23-16(19(24)27-2)15(22-18(23)17(20)21)13-6-4-3-5-7-13/h3-11,15-17H,1-2H3/t15-,16+/m0/s1. The number of amidine groups is 1. The molecule has 2 atom stereocenters. The second-order valence-corrected chi connectivity index (χ2v) is 9.14. The van der Waals surface area contributed by atoms with Gasteiger partial charge < -0.3 is 4.74 Å². The number of halogens is 2. The van der Waals surface area contributed by atoms with Crippen LogP contribution in [-0.2, 0) is 19.6 Å². The van der Waals surface area contributed by atoms with Gasteiger partial charge in [-0.25, -0.2) is 17.5 Å². The fraction of sp³-hybridized carbons (Fsp3) is 0.263. The molecule has 0 bridgehead atoms. The number of sulfonamides is 1. The van der Waals surface area contributed by atoms with Gasteiger partial charge in [-0.1, -0.05) is 71.2 Å². The molecule has 2 aromatic carbocycles. The lowest BCUT2D eigenvalue weighted by Crippen LogP contribution is -2.48. The molecule has 0 unspecified atom stereocenters. The molecule has 1 heterocycles. The Hall–Kier alpha value is -2.09. The lowest BCUT2D eigenvalue weighted by molar-refractivity contribution is -0.144. The second-order valence-electron chi connectivity index (χ2n) is 6.23. The van der Waals surface area contributed by atoms with E-state index in [-0.39, 0.29) is 10.7 Å². The monoisotopic (exact) mass is 440 g/mol. The average Bonchev–Trinajstić information content (AvgIpc) is 3.10. The molecule has 0 aromatic heterocycles. The summed E-state index contributed by atoms with van der Waals surface area (Å²) in [7, 11) is -2.97. The molecule has 28 heavy (non-hydrogen) atoms. The van der Waals surface area contributed by atoms with Crippen LogP contribution < -0.4 is 0 Å². The first kappa shape index (κ1) is 20.6. The quantitative estimate of drug-likeness (QED) is 0.526. The maximum absolute atomic E-state index is 13.4. The Bertz CT molecular complexity index is 992. The molecule has 0 amide bonds. The molecule has 2 aromatic rings. The van der Waals surface area contributed by atoms with E-state index in [1.165, 1.54) is 19.2 Å². The third-order valence-electron chi connectivity index (χ3n) is 4.41. The van der Waals surface area contributed by atoms with Gasteiger partial charge in [0.15, 0.2) is 10.9 Å². The molecule has 0 spiro atoms. The lowest BCUT2D eigenvalue weighted by Gasteiger charge is -2.28. The number of methoxy groups -OCH3 is 1. The Kier molecular flexibility index (Phi) is 5.98. The van der Waals surface area contributed by atoms with Gasteiger partial charge in [-0.05, 0) is 24.6 Å². The van der Waals surface area contributed by atoms with Gasteiger partial charge in [0.25, 0.3) is 10.0 Å². The number of carbonyl (C=O) groups excluding carboxylic acids is 1. The van der Waals surface area contributed by atoms with E-state index in [1.54, 1.807) is 36.4 Å². The molecule has 9 heteroatoms. The van der Waals surface area contributed by atoms with Gasteiger partial charge in [0.2, 0.25) is 0 Å². The van der Waals surface area contributed by atoms with Crippen LogP contribution in [0.1, 0.15) is 17.2 Å². The van der Waals surface area contributed by atoms with Crippen molar-refractivity contribution >= 4 is 45.0 Å². The Morgan fingerprint density at radius 2 is 1.71 bits per heavy atom. The number of nitrogens with zero attached hydrogens (tertiary/aromatic N) is 2. The number of alkyl halides is 2. The summed E-state index contributed by atoms with van der Waals surface area (Å²) in [5, 5.41) is 0. The number of rotatable bonds is 5. The number of carbonyl (C=O) groups is 1. The molecule has 0 aliphatic carbocycles. The molecule has 6 nitrogen and oxygen atoms in total. The molecule has 0 radical (unpaired) electrons. The van der Waals surface area contributed by atoms with E-state index in [4.69, 9.17) is 27.9 Å². The summed E-state index contributed by atoms with van der Waals surface area (Å²) in [6.45, 7) is 1.84. The van der Waals surface area contributed by atoms with Gasteiger partial charge in [0, 0.05) is 0 Å². The highest BCUT2D eigenvalue weighted by Gasteiger charge is 2.50. The highest BCUT2D eigenvalue weighted by atomic mass is 35.5. The van der Waals surface area contributed by atoms with Crippen LogP contribution >= 0.6 is 23.2 Å². The summed E-state index contributed by atoms with van der Waals surface area (Å²) in [6, 6.07) is 13.0. The Labute approximate surface area is 173 Å². The first-order valence-corrected chi connectivity index (χ1v) is 10.7. The molecule has 0 saturated carbocycles. The number of hydrogen-bond donors (Lipinski definition) is 0. The first-order chi connectivity index (χ1) is 13.3. The van der Waals surface area contributed by atoms with Gasteiger partial charge in [0.1, 0.15) is 11.9 Å². The fourth-order valence-corrected chi connectivity index (χ4v) is 5.09. The predicted molar refractivity (Wildman–Crippen MR) is 108 cm³/mol. The summed E-state index contributed by atoms with van der Waals surface area (Å²) in [5.41, 5.74) is 1.54. The van der Waals surface area contributed by atoms with Crippen LogP contribution in [0.5, 0.6) is 0 Å². The molecule has 3 rings (SSSR count). The highest BCUT2D eigenvalue weighted by Crippen LogP contribution is 2.38. The number of hydrogen-bond acceptors (Lipinski definition) is 5. The van der Waals surface area contributed by atoms with Crippen LogP contribution in [0.3, 0.4) is 0 Å². The summed E-state index contributed by atoms with van der Waals surface area (Å²) in [4.78, 5) is 15.8. The van der Waals surface area contributed by atoms with Crippen molar-refractivity contribution in [3.05, 3.63) is 65.7 Å². The number of aryl methyl sites for hydroxylation is 1. The summed E-state index contributed by atoms with van der Waals surface area (Å²) in [5.74, 6) is -0.870. The number of benzene rings is 2. The summed E-state index contributed by atoms with van der Waals surface area (Å²) < 4.78 is 32.5. The largest absolute Gasteiger partial charge is 0.467 e. The molecular formula is C19H18Cl2N2O4S. The molecule has 0 fully saturated rings.